The van der Waals surface area contributed by atoms with Crippen LogP contribution in [0.3, 0.4) is 0 Å². The molecule has 9 nitrogen and oxygen atoms in total. The van der Waals surface area contributed by atoms with Gasteiger partial charge in [-0.25, -0.2) is 4.98 Å². The van der Waals surface area contributed by atoms with Crippen LogP contribution in [0.15, 0.2) is 109 Å². The zero-order valence-electron chi connectivity index (χ0n) is 27.1. The van der Waals surface area contributed by atoms with Crippen molar-refractivity contribution in [2.75, 3.05) is 38.0 Å². The topological polar surface area (TPSA) is 100 Å². The summed E-state index contributed by atoms with van der Waals surface area (Å²) in [7, 11) is 0. The number of fused-ring (bicyclic) bond motifs is 1. The molecule has 0 aliphatic carbocycles. The van der Waals surface area contributed by atoms with Crippen molar-refractivity contribution in [2.24, 2.45) is 5.92 Å². The van der Waals surface area contributed by atoms with Crippen LogP contribution in [0.4, 0.5) is 5.69 Å². The highest BCUT2D eigenvalue weighted by atomic mass is 16.7. The number of aliphatic hydroxyl groups excluding tert-OH is 1. The van der Waals surface area contributed by atoms with Crippen LogP contribution in [-0.2, 0) is 22.6 Å². The summed E-state index contributed by atoms with van der Waals surface area (Å²) in [5.74, 6) is -0.222. The van der Waals surface area contributed by atoms with Crippen LogP contribution < -0.4 is 5.32 Å². The smallest absolute Gasteiger partial charge is 0.275 e. The van der Waals surface area contributed by atoms with Gasteiger partial charge in [0.25, 0.3) is 5.91 Å². The predicted octanol–water partition coefficient (Wildman–Crippen LogP) is 5.98. The Kier molecular flexibility index (Phi) is 9.83. The molecule has 4 aromatic carbocycles. The molecule has 7 rings (SSSR count). The van der Waals surface area contributed by atoms with Gasteiger partial charge in [-0.15, -0.1) is 0 Å². The van der Waals surface area contributed by atoms with E-state index in [1.165, 1.54) is 11.8 Å². The lowest BCUT2D eigenvalue weighted by atomic mass is 9.90. The van der Waals surface area contributed by atoms with Gasteiger partial charge in [0.2, 0.25) is 0 Å². The fraction of sp³-hybridized carbons (Fsp3) is 0.308. The number of hydrogen-bond acceptors (Lipinski definition) is 8. The fourth-order valence-electron chi connectivity index (χ4n) is 6.54. The summed E-state index contributed by atoms with van der Waals surface area (Å²) in [6, 6.07) is 33.7. The number of nitrogens with zero attached hydrogens (tertiary/aromatic N) is 4. The molecule has 0 unspecified atom stereocenters. The third-order valence-electron chi connectivity index (χ3n) is 9.40. The monoisotopic (exact) mass is 643 g/mol. The molecule has 5 aromatic rings. The number of aromatic nitrogens is 2. The first kappa shape index (κ1) is 32.1. The maximum Gasteiger partial charge on any atom is 0.275 e. The average molecular weight is 644 g/mol. The van der Waals surface area contributed by atoms with E-state index in [1.54, 1.807) is 0 Å². The van der Waals surface area contributed by atoms with Crippen molar-refractivity contribution < 1.29 is 19.4 Å². The number of ether oxygens (including phenoxy) is 2. The molecule has 246 valence electrons. The van der Waals surface area contributed by atoms with Crippen LogP contribution in [0, 0.1) is 5.92 Å². The van der Waals surface area contributed by atoms with Crippen molar-refractivity contribution in [2.45, 2.75) is 38.6 Å². The van der Waals surface area contributed by atoms with Crippen LogP contribution in [0.5, 0.6) is 0 Å². The Morgan fingerprint density at radius 2 is 1.46 bits per heavy atom. The summed E-state index contributed by atoms with van der Waals surface area (Å²) >= 11 is 0. The number of carbonyl (C=O) groups excluding carboxylic acids is 1. The summed E-state index contributed by atoms with van der Waals surface area (Å²) in [5.41, 5.74) is 6.46. The first-order chi connectivity index (χ1) is 23.5. The Morgan fingerprint density at radius 3 is 2.19 bits per heavy atom. The highest BCUT2D eigenvalue weighted by Crippen LogP contribution is 2.42. The van der Waals surface area contributed by atoms with Gasteiger partial charge < -0.3 is 19.9 Å². The molecule has 4 atom stereocenters. The minimum atomic E-state index is -0.579. The SMILES string of the molecule is C[C@H]1[C@@H](CN2CCN(Cc3ccccc3)CC2)O[C@@H](c2ccc(NC(=O)c3cnc4ccccc4n3)cc2)O[C@H]1c1ccc(CO)cc1. The molecule has 3 heterocycles. The second-order valence-electron chi connectivity index (χ2n) is 12.7. The van der Waals surface area contributed by atoms with Gasteiger partial charge >= 0.3 is 0 Å². The quantitative estimate of drug-likeness (QED) is 0.202. The first-order valence-corrected chi connectivity index (χ1v) is 16.6. The van der Waals surface area contributed by atoms with Gasteiger partial charge in [-0.05, 0) is 41.0 Å². The minimum Gasteiger partial charge on any atom is -0.392 e. The van der Waals surface area contributed by atoms with E-state index in [1.807, 2.05) is 72.8 Å². The number of piperazine rings is 1. The fourth-order valence-corrected chi connectivity index (χ4v) is 6.54. The van der Waals surface area contributed by atoms with E-state index in [2.05, 4.69) is 62.3 Å². The number of carbonyl (C=O) groups is 1. The van der Waals surface area contributed by atoms with E-state index in [9.17, 15) is 9.90 Å². The lowest BCUT2D eigenvalue weighted by Gasteiger charge is -2.44. The van der Waals surface area contributed by atoms with Crippen molar-refractivity contribution in [1.82, 2.24) is 19.8 Å². The molecule has 2 aliphatic heterocycles. The minimum absolute atomic E-state index is 0.00228. The maximum absolute atomic E-state index is 13.0. The molecule has 1 amide bonds. The van der Waals surface area contributed by atoms with Crippen LogP contribution in [-0.4, -0.2) is 69.6 Å². The van der Waals surface area contributed by atoms with Gasteiger partial charge in [0, 0.05) is 56.4 Å². The van der Waals surface area contributed by atoms with Crippen molar-refractivity contribution in [3.05, 3.63) is 137 Å². The van der Waals surface area contributed by atoms with E-state index < -0.39 is 6.29 Å². The van der Waals surface area contributed by atoms with Gasteiger partial charge in [0.05, 0.1) is 36.0 Å². The summed E-state index contributed by atoms with van der Waals surface area (Å²) in [6.07, 6.45) is 0.668. The van der Waals surface area contributed by atoms with E-state index >= 15 is 0 Å². The normalized spacial score (nSPS) is 22.0. The number of benzene rings is 4. The van der Waals surface area contributed by atoms with Gasteiger partial charge in [-0.1, -0.05) is 85.8 Å². The number of aliphatic hydroxyl groups is 1. The highest BCUT2D eigenvalue weighted by molar-refractivity contribution is 6.03. The van der Waals surface area contributed by atoms with E-state index in [0.717, 1.165) is 61.5 Å². The van der Waals surface area contributed by atoms with Crippen molar-refractivity contribution >= 4 is 22.6 Å². The van der Waals surface area contributed by atoms with E-state index in [4.69, 9.17) is 9.47 Å². The molecular weight excluding hydrogens is 602 g/mol. The molecule has 1 aromatic heterocycles. The highest BCUT2D eigenvalue weighted by Gasteiger charge is 2.39. The molecule has 0 saturated carbocycles. The van der Waals surface area contributed by atoms with Gasteiger partial charge in [-0.3, -0.25) is 19.6 Å². The Balaban J connectivity index is 1.04. The number of para-hydroxylation sites is 2. The lowest BCUT2D eigenvalue weighted by Crippen LogP contribution is -2.51. The number of rotatable bonds is 9. The number of anilines is 1. The second kappa shape index (κ2) is 14.7. The summed E-state index contributed by atoms with van der Waals surface area (Å²) in [5, 5.41) is 12.5. The molecule has 2 N–H and O–H groups in total. The zero-order chi connectivity index (χ0) is 32.9. The van der Waals surface area contributed by atoms with Crippen LogP contribution in [0.25, 0.3) is 11.0 Å². The van der Waals surface area contributed by atoms with Crippen LogP contribution in [0.2, 0.25) is 0 Å². The van der Waals surface area contributed by atoms with E-state index in [0.29, 0.717) is 11.2 Å². The second-order valence-corrected chi connectivity index (χ2v) is 12.7. The third kappa shape index (κ3) is 7.46. The first-order valence-electron chi connectivity index (χ1n) is 16.6. The standard InChI is InChI=1S/C39H41N5O4/c1-27-36(25-44-21-19-43(20-22-44)24-28-7-3-2-4-8-28)47-39(48-37(27)30-13-11-29(26-45)12-14-30)31-15-17-32(18-16-31)41-38(46)35-23-40-33-9-5-6-10-34(33)42-35/h2-18,23,27,36-37,39,45H,19-22,24-26H2,1H3,(H,41,46)/t27-,36+,37+,39+/m0/s1. The number of nitrogens with one attached hydrogen (secondary N) is 1. The molecule has 48 heavy (non-hydrogen) atoms. The Labute approximate surface area is 281 Å². The summed E-state index contributed by atoms with van der Waals surface area (Å²) in [6.45, 7) is 7.98. The molecule has 2 aliphatic rings. The third-order valence-corrected chi connectivity index (χ3v) is 9.40. The predicted molar refractivity (Wildman–Crippen MR) is 185 cm³/mol. The molecule has 2 saturated heterocycles. The maximum atomic E-state index is 13.0. The van der Waals surface area contributed by atoms with E-state index in [-0.39, 0.29) is 36.3 Å². The van der Waals surface area contributed by atoms with Crippen molar-refractivity contribution in [3.63, 3.8) is 0 Å². The van der Waals surface area contributed by atoms with Gasteiger partial charge in [-0.2, -0.15) is 0 Å². The van der Waals surface area contributed by atoms with Gasteiger partial charge in [0.15, 0.2) is 6.29 Å². The zero-order valence-corrected chi connectivity index (χ0v) is 27.1. The number of hydrogen-bond donors (Lipinski definition) is 2. The molecule has 0 bridgehead atoms. The molecule has 9 heteroatoms. The molecule has 2 fully saturated rings. The summed E-state index contributed by atoms with van der Waals surface area (Å²) < 4.78 is 13.4. The largest absolute Gasteiger partial charge is 0.392 e. The van der Waals surface area contributed by atoms with Crippen molar-refractivity contribution in [3.8, 4) is 0 Å². The summed E-state index contributed by atoms with van der Waals surface area (Å²) in [4.78, 5) is 26.8. The van der Waals surface area contributed by atoms with Crippen molar-refractivity contribution in [1.29, 1.82) is 0 Å². The van der Waals surface area contributed by atoms with Crippen LogP contribution in [0.1, 0.15) is 52.1 Å². The lowest BCUT2D eigenvalue weighted by molar-refractivity contribution is -0.276. The molecule has 0 spiro atoms. The molecular formula is C39H41N5O4. The average Bonchev–Trinajstić information content (AvgIpc) is 3.14. The van der Waals surface area contributed by atoms with Gasteiger partial charge in [0.1, 0.15) is 5.69 Å². The number of amides is 1. The Morgan fingerprint density at radius 1 is 0.792 bits per heavy atom. The Hall–Kier alpha value is -4.51. The Bertz CT molecular complexity index is 1810. The molecule has 0 radical (unpaired) electrons. The van der Waals surface area contributed by atoms with Crippen LogP contribution >= 0.6 is 0 Å².